The van der Waals surface area contributed by atoms with Gasteiger partial charge in [0.25, 0.3) is 0 Å². The van der Waals surface area contributed by atoms with Crippen molar-refractivity contribution in [1.82, 2.24) is 9.62 Å². The quantitative estimate of drug-likeness (QED) is 0.666. The Morgan fingerprint density at radius 3 is 2.50 bits per heavy atom. The molecular formula is C23H31N3O3S. The fourth-order valence-corrected chi connectivity index (χ4v) is 5.60. The average molecular weight is 430 g/mol. The van der Waals surface area contributed by atoms with Crippen LogP contribution in [0.1, 0.15) is 24.8 Å². The molecule has 2 aromatic rings. The molecule has 0 bridgehead atoms. The lowest BCUT2D eigenvalue weighted by molar-refractivity contribution is 0.165. The van der Waals surface area contributed by atoms with E-state index in [0.29, 0.717) is 19.0 Å². The molecule has 1 fully saturated rings. The minimum Gasteiger partial charge on any atom is -0.494 e. The third-order valence-electron chi connectivity index (χ3n) is 6.09. The molecule has 2 aliphatic heterocycles. The highest BCUT2D eigenvalue weighted by molar-refractivity contribution is 7.90. The maximum absolute atomic E-state index is 12.7. The van der Waals surface area contributed by atoms with E-state index in [4.69, 9.17) is 4.74 Å². The third-order valence-corrected chi connectivity index (χ3v) is 7.62. The summed E-state index contributed by atoms with van der Waals surface area (Å²) in [4.78, 5) is 2.36. The lowest BCUT2D eigenvalue weighted by atomic mass is 9.94. The number of piperidine rings is 1. The summed E-state index contributed by atoms with van der Waals surface area (Å²) in [6, 6.07) is 17.7. The molecule has 2 aromatic carbocycles. The Labute approximate surface area is 180 Å². The Morgan fingerprint density at radius 2 is 1.70 bits per heavy atom. The van der Waals surface area contributed by atoms with Crippen LogP contribution in [0.4, 0.5) is 5.69 Å². The Hall–Kier alpha value is -2.09. The smallest absolute Gasteiger partial charge is 0.301 e. The zero-order valence-electron chi connectivity index (χ0n) is 17.4. The summed E-state index contributed by atoms with van der Waals surface area (Å²) in [5.74, 6) is 1.62. The van der Waals surface area contributed by atoms with E-state index < -0.39 is 10.2 Å². The molecule has 0 spiro atoms. The second kappa shape index (κ2) is 9.81. The summed E-state index contributed by atoms with van der Waals surface area (Å²) < 4.78 is 35.5. The monoisotopic (exact) mass is 429 g/mol. The van der Waals surface area contributed by atoms with Crippen LogP contribution in [0.15, 0.2) is 54.6 Å². The maximum atomic E-state index is 12.7. The molecule has 0 amide bonds. The van der Waals surface area contributed by atoms with Crippen molar-refractivity contribution in [3.63, 3.8) is 0 Å². The SMILES string of the molecule is O=S(=O)(NCCN1CCC(CCOc2ccccc2)CC1)N1CCc2ccccc21. The molecule has 30 heavy (non-hydrogen) atoms. The van der Waals surface area contributed by atoms with Crippen LogP contribution in [-0.2, 0) is 16.6 Å². The molecule has 0 saturated carbocycles. The summed E-state index contributed by atoms with van der Waals surface area (Å²) in [5.41, 5.74) is 1.91. The van der Waals surface area contributed by atoms with Gasteiger partial charge in [-0.2, -0.15) is 13.1 Å². The van der Waals surface area contributed by atoms with Crippen LogP contribution in [0.2, 0.25) is 0 Å². The van der Waals surface area contributed by atoms with Crippen molar-refractivity contribution in [3.05, 3.63) is 60.2 Å². The largest absolute Gasteiger partial charge is 0.494 e. The van der Waals surface area contributed by atoms with Gasteiger partial charge in [-0.3, -0.25) is 4.31 Å². The lowest BCUT2D eigenvalue weighted by Gasteiger charge is -2.32. The Bertz CT molecular complexity index is 912. The van der Waals surface area contributed by atoms with Gasteiger partial charge in [0.05, 0.1) is 12.3 Å². The summed E-state index contributed by atoms with van der Waals surface area (Å²) in [6.07, 6.45) is 4.14. The van der Waals surface area contributed by atoms with Crippen molar-refractivity contribution >= 4 is 15.9 Å². The van der Waals surface area contributed by atoms with E-state index in [1.165, 1.54) is 4.31 Å². The average Bonchev–Trinajstić information content (AvgIpc) is 3.21. The minimum absolute atomic E-state index is 0.447. The van der Waals surface area contributed by atoms with Crippen molar-refractivity contribution in [2.45, 2.75) is 25.7 Å². The van der Waals surface area contributed by atoms with Crippen LogP contribution >= 0.6 is 0 Å². The van der Waals surface area contributed by atoms with E-state index in [-0.39, 0.29) is 0 Å². The van der Waals surface area contributed by atoms with E-state index in [2.05, 4.69) is 9.62 Å². The second-order valence-electron chi connectivity index (χ2n) is 8.09. The van der Waals surface area contributed by atoms with Crippen LogP contribution in [0, 0.1) is 5.92 Å². The highest BCUT2D eigenvalue weighted by atomic mass is 32.2. The molecule has 0 unspecified atom stereocenters. The molecule has 1 saturated heterocycles. The predicted octanol–water partition coefficient (Wildman–Crippen LogP) is 3.06. The number of nitrogens with one attached hydrogen (secondary N) is 1. The Kier molecular flexibility index (Phi) is 6.92. The van der Waals surface area contributed by atoms with Crippen LogP contribution < -0.4 is 13.8 Å². The molecule has 2 heterocycles. The van der Waals surface area contributed by atoms with Gasteiger partial charge < -0.3 is 9.64 Å². The summed E-state index contributed by atoms with van der Waals surface area (Å²) in [6.45, 7) is 4.51. The van der Waals surface area contributed by atoms with Gasteiger partial charge in [-0.25, -0.2) is 0 Å². The number of likely N-dealkylation sites (tertiary alicyclic amines) is 1. The molecule has 0 aliphatic carbocycles. The Morgan fingerprint density at radius 1 is 0.967 bits per heavy atom. The van der Waals surface area contributed by atoms with Crippen LogP contribution in [0.3, 0.4) is 0 Å². The first kappa shape index (κ1) is 21.2. The zero-order chi connectivity index (χ0) is 20.8. The summed E-state index contributed by atoms with van der Waals surface area (Å²) >= 11 is 0. The first-order valence-electron chi connectivity index (χ1n) is 10.9. The molecule has 6 nitrogen and oxygen atoms in total. The molecule has 2 aliphatic rings. The topological polar surface area (TPSA) is 61.9 Å². The summed E-state index contributed by atoms with van der Waals surface area (Å²) in [5, 5.41) is 0. The number of anilines is 1. The number of rotatable bonds is 9. The molecule has 7 heteroatoms. The number of para-hydroxylation sites is 2. The van der Waals surface area contributed by atoms with E-state index in [1.54, 1.807) is 0 Å². The van der Waals surface area contributed by atoms with E-state index in [0.717, 1.165) is 68.9 Å². The van der Waals surface area contributed by atoms with Crippen LogP contribution in [-0.4, -0.2) is 52.6 Å². The first-order valence-corrected chi connectivity index (χ1v) is 12.3. The van der Waals surface area contributed by atoms with Gasteiger partial charge in [-0.1, -0.05) is 36.4 Å². The maximum Gasteiger partial charge on any atom is 0.301 e. The third kappa shape index (κ3) is 5.33. The molecule has 1 N–H and O–H groups in total. The van der Waals surface area contributed by atoms with Gasteiger partial charge in [-0.15, -0.1) is 0 Å². The molecular weight excluding hydrogens is 398 g/mol. The normalized spacial score (nSPS) is 17.8. The molecule has 162 valence electrons. The van der Waals surface area contributed by atoms with Crippen molar-refractivity contribution < 1.29 is 13.2 Å². The first-order chi connectivity index (χ1) is 14.6. The molecule has 0 radical (unpaired) electrons. The number of hydrogen-bond acceptors (Lipinski definition) is 4. The molecule has 0 aromatic heterocycles. The van der Waals surface area contributed by atoms with Gasteiger partial charge in [0, 0.05) is 19.6 Å². The number of fused-ring (bicyclic) bond motifs is 1. The molecule has 0 atom stereocenters. The fourth-order valence-electron chi connectivity index (χ4n) is 4.33. The van der Waals surface area contributed by atoms with Gasteiger partial charge in [-0.05, 0) is 68.5 Å². The van der Waals surface area contributed by atoms with E-state index in [9.17, 15) is 8.42 Å². The van der Waals surface area contributed by atoms with Gasteiger partial charge in [0.15, 0.2) is 0 Å². The number of benzene rings is 2. The second-order valence-corrected chi connectivity index (χ2v) is 9.77. The number of ether oxygens (including phenoxy) is 1. The van der Waals surface area contributed by atoms with Crippen molar-refractivity contribution in [2.24, 2.45) is 5.92 Å². The van der Waals surface area contributed by atoms with Gasteiger partial charge in [0.1, 0.15) is 5.75 Å². The minimum atomic E-state index is -3.48. The van der Waals surface area contributed by atoms with Crippen molar-refractivity contribution in [1.29, 1.82) is 0 Å². The van der Waals surface area contributed by atoms with Gasteiger partial charge >= 0.3 is 10.2 Å². The van der Waals surface area contributed by atoms with E-state index in [1.807, 2.05) is 54.6 Å². The highest BCUT2D eigenvalue weighted by Gasteiger charge is 2.29. The lowest BCUT2D eigenvalue weighted by Crippen LogP contribution is -2.44. The predicted molar refractivity (Wildman–Crippen MR) is 120 cm³/mol. The number of nitrogens with zero attached hydrogens (tertiary/aromatic N) is 2. The van der Waals surface area contributed by atoms with Gasteiger partial charge in [0.2, 0.25) is 0 Å². The Balaban J connectivity index is 1.15. The van der Waals surface area contributed by atoms with Crippen molar-refractivity contribution in [3.8, 4) is 5.75 Å². The standard InChI is InChI=1S/C23H31N3O3S/c27-30(28,26-17-12-21-6-4-5-9-23(21)26)24-14-18-25-15-10-20(11-16-25)13-19-29-22-7-2-1-3-8-22/h1-9,20,24H,10-19H2. The van der Waals surface area contributed by atoms with E-state index >= 15 is 0 Å². The molecule has 4 rings (SSSR count). The zero-order valence-corrected chi connectivity index (χ0v) is 18.2. The fraction of sp³-hybridized carbons (Fsp3) is 0.478. The van der Waals surface area contributed by atoms with Crippen LogP contribution in [0.5, 0.6) is 5.75 Å². The highest BCUT2D eigenvalue weighted by Crippen LogP contribution is 2.29. The van der Waals surface area contributed by atoms with Crippen molar-refractivity contribution in [2.75, 3.05) is 43.6 Å². The summed E-state index contributed by atoms with van der Waals surface area (Å²) in [7, 11) is -3.48. The van der Waals surface area contributed by atoms with Crippen LogP contribution in [0.25, 0.3) is 0 Å². The number of hydrogen-bond donors (Lipinski definition) is 1.